The number of rotatable bonds is 9. The molecule has 0 fully saturated rings. The molecule has 35 heavy (non-hydrogen) atoms. The summed E-state index contributed by atoms with van der Waals surface area (Å²) in [5, 5.41) is 3.27. The molecule has 10 heteroatoms. The third-order valence-electron chi connectivity index (χ3n) is 5.05. The highest BCUT2D eigenvalue weighted by Crippen LogP contribution is 2.31. The van der Waals surface area contributed by atoms with Crippen LogP contribution in [0.1, 0.15) is 28.4 Å². The second kappa shape index (κ2) is 11.6. The van der Waals surface area contributed by atoms with Crippen molar-refractivity contribution in [1.29, 1.82) is 0 Å². The molecule has 0 spiro atoms. The first-order valence-electron chi connectivity index (χ1n) is 10.7. The van der Waals surface area contributed by atoms with E-state index in [2.05, 4.69) is 10.1 Å². The summed E-state index contributed by atoms with van der Waals surface area (Å²) < 4.78 is 54.9. The summed E-state index contributed by atoms with van der Waals surface area (Å²) in [6.45, 7) is 2.78. The Hall–Kier alpha value is -2.97. The van der Waals surface area contributed by atoms with Gasteiger partial charge in [-0.1, -0.05) is 41.4 Å². The predicted molar refractivity (Wildman–Crippen MR) is 129 cm³/mol. The summed E-state index contributed by atoms with van der Waals surface area (Å²) in [6.07, 6.45) is -4.45. The van der Waals surface area contributed by atoms with Gasteiger partial charge in [-0.15, -0.1) is 13.2 Å². The van der Waals surface area contributed by atoms with Gasteiger partial charge in [-0.3, -0.25) is 4.79 Å². The molecule has 0 aliphatic heterocycles. The number of amides is 1. The highest BCUT2D eigenvalue weighted by Gasteiger charge is 2.32. The lowest BCUT2D eigenvalue weighted by Crippen LogP contribution is -2.33. The zero-order valence-corrected chi connectivity index (χ0v) is 20.1. The molecule has 0 aromatic heterocycles. The van der Waals surface area contributed by atoms with Crippen molar-refractivity contribution in [3.05, 3.63) is 93.2 Å². The lowest BCUT2D eigenvalue weighted by atomic mass is 10.1. The average molecular weight is 529 g/mol. The molecule has 0 radical (unpaired) electrons. The number of alkyl halides is 3. The molecule has 0 atom stereocenters. The minimum Gasteiger partial charge on any atom is -0.404 e. The third kappa shape index (κ3) is 7.77. The zero-order chi connectivity index (χ0) is 25.6. The third-order valence-corrected chi connectivity index (χ3v) is 5.58. The molecule has 3 aromatic carbocycles. The van der Waals surface area contributed by atoms with Crippen LogP contribution in [-0.2, 0) is 13.0 Å². The molecule has 0 aliphatic carbocycles. The average Bonchev–Trinajstić information content (AvgIpc) is 2.79. The maximum Gasteiger partial charge on any atom is 0.573 e. The van der Waals surface area contributed by atoms with Crippen LogP contribution in [-0.4, -0.2) is 30.3 Å². The smallest absolute Gasteiger partial charge is 0.404 e. The number of nitrogens with one attached hydrogen (secondary N) is 1. The number of halogens is 6. The molecule has 0 unspecified atom stereocenters. The molecule has 0 aliphatic rings. The first kappa shape index (κ1) is 26.6. The fourth-order valence-electron chi connectivity index (χ4n) is 3.45. The van der Waals surface area contributed by atoms with Crippen LogP contribution in [0.5, 0.6) is 5.75 Å². The van der Waals surface area contributed by atoms with Crippen LogP contribution in [0.25, 0.3) is 0 Å². The number of hydrogen-bond acceptors (Lipinski definition) is 3. The second-order valence-electron chi connectivity index (χ2n) is 7.64. The first-order valence-corrected chi connectivity index (χ1v) is 11.4. The molecule has 1 amide bonds. The van der Waals surface area contributed by atoms with Crippen molar-refractivity contribution < 1.29 is 27.1 Å². The zero-order valence-electron chi connectivity index (χ0n) is 18.6. The number of carbonyl (C=O) groups is 1. The van der Waals surface area contributed by atoms with Gasteiger partial charge in [0.05, 0.1) is 10.6 Å². The minimum absolute atomic E-state index is 0.0596. The molecule has 3 rings (SSSR count). The van der Waals surface area contributed by atoms with Crippen molar-refractivity contribution in [1.82, 2.24) is 4.90 Å². The monoisotopic (exact) mass is 528 g/mol. The van der Waals surface area contributed by atoms with Crippen LogP contribution < -0.4 is 10.1 Å². The maximum absolute atomic E-state index is 13.6. The van der Waals surface area contributed by atoms with E-state index < -0.39 is 12.1 Å². The fraction of sp³-hybridized carbons (Fsp3) is 0.240. The number of ether oxygens (including phenoxy) is 1. The number of benzene rings is 3. The van der Waals surface area contributed by atoms with Gasteiger partial charge in [0, 0.05) is 30.3 Å². The van der Waals surface area contributed by atoms with E-state index >= 15 is 0 Å². The Balaban J connectivity index is 1.89. The van der Waals surface area contributed by atoms with Crippen LogP contribution in [0, 0.1) is 5.82 Å². The molecular weight excluding hydrogens is 507 g/mol. The molecule has 3 aromatic rings. The van der Waals surface area contributed by atoms with Gasteiger partial charge in [0.2, 0.25) is 0 Å². The summed E-state index contributed by atoms with van der Waals surface area (Å²) in [6, 6.07) is 14.7. The Morgan fingerprint density at radius 3 is 2.31 bits per heavy atom. The number of nitrogens with zero attached hydrogens (tertiary/aromatic N) is 1. The van der Waals surface area contributed by atoms with Gasteiger partial charge in [0.15, 0.2) is 0 Å². The largest absolute Gasteiger partial charge is 0.573 e. The van der Waals surface area contributed by atoms with Crippen LogP contribution in [0.15, 0.2) is 60.7 Å². The van der Waals surface area contributed by atoms with Crippen molar-refractivity contribution in [2.75, 3.05) is 18.4 Å². The molecule has 0 saturated carbocycles. The predicted octanol–water partition coefficient (Wildman–Crippen LogP) is 7.35. The summed E-state index contributed by atoms with van der Waals surface area (Å²) in [5.74, 6) is -1.24. The summed E-state index contributed by atoms with van der Waals surface area (Å²) in [4.78, 5) is 15.1. The quantitative estimate of drug-likeness (QED) is 0.295. The molecule has 186 valence electrons. The van der Waals surface area contributed by atoms with Gasteiger partial charge in [-0.05, 0) is 66.9 Å². The van der Waals surface area contributed by atoms with Gasteiger partial charge < -0.3 is 15.0 Å². The standard InChI is InChI=1S/C25H22Cl2F4N2O2/c1-2-32-22-9-6-18(26)14-20(22)24(34)33(12-11-16-3-7-19(28)8-4-16)15-17-5-10-23(21(27)13-17)35-25(29,30)31/h3-10,13-14,32H,2,11-12,15H2,1H3. The van der Waals surface area contributed by atoms with Crippen molar-refractivity contribution in [2.45, 2.75) is 26.3 Å². The van der Waals surface area contributed by atoms with E-state index in [1.165, 1.54) is 29.2 Å². The summed E-state index contributed by atoms with van der Waals surface area (Å²) >= 11 is 12.1. The van der Waals surface area contributed by atoms with Crippen molar-refractivity contribution >= 4 is 34.8 Å². The van der Waals surface area contributed by atoms with E-state index in [0.717, 1.165) is 11.6 Å². The molecule has 4 nitrogen and oxygen atoms in total. The Kier molecular flexibility index (Phi) is 8.86. The highest BCUT2D eigenvalue weighted by atomic mass is 35.5. The van der Waals surface area contributed by atoms with Crippen molar-refractivity contribution in [2.24, 2.45) is 0 Å². The van der Waals surface area contributed by atoms with E-state index in [-0.39, 0.29) is 29.8 Å². The fourth-order valence-corrected chi connectivity index (χ4v) is 3.86. The Labute approximate surface area is 210 Å². The minimum atomic E-state index is -4.88. The van der Waals surface area contributed by atoms with Gasteiger partial charge >= 0.3 is 6.36 Å². The normalized spacial score (nSPS) is 11.3. The molecular formula is C25H22Cl2F4N2O2. The Morgan fingerprint density at radius 1 is 1.00 bits per heavy atom. The van der Waals surface area contributed by atoms with Gasteiger partial charge in [0.1, 0.15) is 11.6 Å². The van der Waals surface area contributed by atoms with E-state index in [1.807, 2.05) is 6.92 Å². The van der Waals surface area contributed by atoms with Crippen molar-refractivity contribution in [3.63, 3.8) is 0 Å². The van der Waals surface area contributed by atoms with Crippen LogP contribution in [0.3, 0.4) is 0 Å². The second-order valence-corrected chi connectivity index (χ2v) is 8.48. The van der Waals surface area contributed by atoms with Crippen molar-refractivity contribution in [3.8, 4) is 5.75 Å². The molecule has 1 N–H and O–H groups in total. The lowest BCUT2D eigenvalue weighted by molar-refractivity contribution is -0.274. The first-order chi connectivity index (χ1) is 16.6. The topological polar surface area (TPSA) is 41.6 Å². The summed E-state index contributed by atoms with van der Waals surface area (Å²) in [5.41, 5.74) is 2.26. The number of carbonyl (C=O) groups excluding carboxylic acids is 1. The van der Waals surface area contributed by atoms with Crippen LogP contribution in [0.4, 0.5) is 23.2 Å². The highest BCUT2D eigenvalue weighted by molar-refractivity contribution is 6.32. The number of hydrogen-bond donors (Lipinski definition) is 1. The molecule has 0 saturated heterocycles. The lowest BCUT2D eigenvalue weighted by Gasteiger charge is -2.25. The molecule has 0 bridgehead atoms. The van der Waals surface area contributed by atoms with E-state index in [0.29, 0.717) is 34.8 Å². The number of anilines is 1. The van der Waals surface area contributed by atoms with Gasteiger partial charge in [0.25, 0.3) is 5.91 Å². The van der Waals surface area contributed by atoms with Crippen LogP contribution in [0.2, 0.25) is 10.0 Å². The van der Waals surface area contributed by atoms with Crippen LogP contribution >= 0.6 is 23.2 Å². The van der Waals surface area contributed by atoms with Gasteiger partial charge in [-0.25, -0.2) is 4.39 Å². The van der Waals surface area contributed by atoms with E-state index in [9.17, 15) is 22.4 Å². The van der Waals surface area contributed by atoms with E-state index in [1.54, 1.807) is 30.3 Å². The van der Waals surface area contributed by atoms with E-state index in [4.69, 9.17) is 23.2 Å². The Morgan fingerprint density at radius 2 is 1.69 bits per heavy atom. The van der Waals surface area contributed by atoms with Gasteiger partial charge in [-0.2, -0.15) is 0 Å². The Bertz CT molecular complexity index is 1170. The molecule has 0 heterocycles. The SMILES string of the molecule is CCNc1ccc(Cl)cc1C(=O)N(CCc1ccc(F)cc1)Cc1ccc(OC(F)(F)F)c(Cl)c1. The maximum atomic E-state index is 13.6. The summed E-state index contributed by atoms with van der Waals surface area (Å²) in [7, 11) is 0.